The van der Waals surface area contributed by atoms with Crippen molar-refractivity contribution in [3.8, 4) is 11.5 Å². The monoisotopic (exact) mass is 487 g/mol. The van der Waals surface area contributed by atoms with Crippen LogP contribution in [0.1, 0.15) is 57.0 Å². The van der Waals surface area contributed by atoms with Crippen LogP contribution in [0.15, 0.2) is 53.1 Å². The van der Waals surface area contributed by atoms with Gasteiger partial charge in [0, 0.05) is 24.5 Å². The molecule has 2 aromatic heterocycles. The van der Waals surface area contributed by atoms with Gasteiger partial charge in [0.1, 0.15) is 0 Å². The molecular formula is C25H28F3N5O2. The number of alkyl halides is 3. The van der Waals surface area contributed by atoms with E-state index in [0.29, 0.717) is 16.9 Å². The molecule has 4 rings (SSSR count). The van der Waals surface area contributed by atoms with E-state index in [1.54, 1.807) is 36.4 Å². The molecule has 1 aliphatic carbocycles. The summed E-state index contributed by atoms with van der Waals surface area (Å²) in [5.41, 5.74) is -0.736. The van der Waals surface area contributed by atoms with Crippen molar-refractivity contribution in [1.82, 2.24) is 20.5 Å². The highest BCUT2D eigenvalue weighted by atomic mass is 19.3. The van der Waals surface area contributed by atoms with Crippen molar-refractivity contribution in [2.75, 3.05) is 11.4 Å². The van der Waals surface area contributed by atoms with Gasteiger partial charge in [-0.2, -0.15) is 8.78 Å². The molecule has 10 heteroatoms. The van der Waals surface area contributed by atoms with Gasteiger partial charge in [0.25, 0.3) is 11.8 Å². The van der Waals surface area contributed by atoms with Crippen molar-refractivity contribution < 1.29 is 22.4 Å². The third kappa shape index (κ3) is 6.25. The fraction of sp³-hybridized carbons (Fsp3) is 0.440. The number of carbonyl (C=O) groups excluding carboxylic acids is 1. The molecule has 186 valence electrons. The molecule has 1 saturated carbocycles. The minimum absolute atomic E-state index is 0.0260. The Morgan fingerprint density at radius 3 is 2.51 bits per heavy atom. The molecule has 0 radical (unpaired) electrons. The summed E-state index contributed by atoms with van der Waals surface area (Å²) >= 11 is 0. The number of hydrogen-bond acceptors (Lipinski definition) is 6. The van der Waals surface area contributed by atoms with Crippen molar-refractivity contribution in [3.63, 3.8) is 0 Å². The second-order valence-electron chi connectivity index (χ2n) is 8.92. The van der Waals surface area contributed by atoms with Crippen LogP contribution in [-0.2, 0) is 11.3 Å². The molecule has 35 heavy (non-hydrogen) atoms. The summed E-state index contributed by atoms with van der Waals surface area (Å²) < 4.78 is 46.0. The van der Waals surface area contributed by atoms with Crippen LogP contribution in [0.2, 0.25) is 0 Å². The summed E-state index contributed by atoms with van der Waals surface area (Å²) in [5, 5.41) is 10.2. The molecule has 0 spiro atoms. The molecule has 0 aliphatic heterocycles. The number of nitrogens with zero attached hydrogens (tertiary/aromatic N) is 4. The van der Waals surface area contributed by atoms with Gasteiger partial charge in [0.15, 0.2) is 5.67 Å². The average molecular weight is 488 g/mol. The summed E-state index contributed by atoms with van der Waals surface area (Å²) in [6.07, 6.45) is 3.92. The maximum absolute atomic E-state index is 15.7. The van der Waals surface area contributed by atoms with E-state index in [0.717, 1.165) is 25.7 Å². The minimum atomic E-state index is -2.86. The third-order valence-electron chi connectivity index (χ3n) is 6.11. The standard InChI is InChI=1S/C25H28F3N5O2/c1-25(28,16-30-18-8-4-2-5-9-18)24(34)33(20-10-6-3-7-11-20)15-19-13-12-17(14-29-19)22-31-32-23(35-22)21(26)27/h3,6-7,10-14,18,21,30H,2,4-5,8-9,15-16H2,1H3. The lowest BCUT2D eigenvalue weighted by molar-refractivity contribution is -0.129. The fourth-order valence-corrected chi connectivity index (χ4v) is 4.13. The molecule has 1 unspecified atom stereocenters. The number of para-hydroxylation sites is 1. The van der Waals surface area contributed by atoms with E-state index in [-0.39, 0.29) is 25.0 Å². The fourth-order valence-electron chi connectivity index (χ4n) is 4.13. The van der Waals surface area contributed by atoms with Gasteiger partial charge < -0.3 is 14.6 Å². The average Bonchev–Trinajstić information content (AvgIpc) is 3.38. The van der Waals surface area contributed by atoms with Gasteiger partial charge in [-0.15, -0.1) is 10.2 Å². The maximum Gasteiger partial charge on any atom is 0.314 e. The molecule has 1 aromatic carbocycles. The Morgan fingerprint density at radius 1 is 1.14 bits per heavy atom. The molecule has 1 fully saturated rings. The number of carbonyl (C=O) groups is 1. The van der Waals surface area contributed by atoms with E-state index in [2.05, 4.69) is 20.5 Å². The van der Waals surface area contributed by atoms with Gasteiger partial charge in [0.05, 0.1) is 17.8 Å². The van der Waals surface area contributed by atoms with Gasteiger partial charge in [0.2, 0.25) is 5.89 Å². The molecule has 0 saturated heterocycles. The highest BCUT2D eigenvalue weighted by Crippen LogP contribution is 2.26. The van der Waals surface area contributed by atoms with Gasteiger partial charge in [-0.05, 0) is 44.0 Å². The van der Waals surface area contributed by atoms with E-state index in [4.69, 9.17) is 4.42 Å². The lowest BCUT2D eigenvalue weighted by Crippen LogP contribution is -2.51. The first-order chi connectivity index (χ1) is 16.8. The van der Waals surface area contributed by atoms with Crippen molar-refractivity contribution in [2.24, 2.45) is 0 Å². The van der Waals surface area contributed by atoms with Crippen LogP contribution in [-0.4, -0.2) is 39.3 Å². The highest BCUT2D eigenvalue weighted by Gasteiger charge is 2.38. The number of nitrogens with one attached hydrogen (secondary N) is 1. The Labute approximate surface area is 201 Å². The van der Waals surface area contributed by atoms with Crippen LogP contribution < -0.4 is 10.2 Å². The Morgan fingerprint density at radius 2 is 1.89 bits per heavy atom. The molecule has 1 atom stereocenters. The second kappa shape index (κ2) is 11.0. The van der Waals surface area contributed by atoms with Crippen molar-refractivity contribution >= 4 is 11.6 Å². The second-order valence-corrected chi connectivity index (χ2v) is 8.92. The van der Waals surface area contributed by atoms with Crippen molar-refractivity contribution in [3.05, 3.63) is 60.2 Å². The van der Waals surface area contributed by atoms with Gasteiger partial charge in [-0.3, -0.25) is 9.78 Å². The highest BCUT2D eigenvalue weighted by molar-refractivity contribution is 5.99. The molecule has 7 nitrogen and oxygen atoms in total. The van der Waals surface area contributed by atoms with E-state index in [1.807, 2.05) is 6.07 Å². The van der Waals surface area contributed by atoms with E-state index in [1.165, 1.54) is 24.4 Å². The summed E-state index contributed by atoms with van der Waals surface area (Å²) in [5.74, 6) is -1.52. The van der Waals surface area contributed by atoms with Gasteiger partial charge in [-0.25, -0.2) is 4.39 Å². The summed E-state index contributed by atoms with van der Waals surface area (Å²) in [7, 11) is 0. The first-order valence-corrected chi connectivity index (χ1v) is 11.7. The SMILES string of the molecule is CC(F)(CNC1CCCCC1)C(=O)N(Cc1ccc(-c2nnc(C(F)F)o2)cn1)c1ccccc1. The summed E-state index contributed by atoms with van der Waals surface area (Å²) in [6.45, 7) is 1.25. The number of rotatable bonds is 9. The van der Waals surface area contributed by atoms with Crippen LogP contribution >= 0.6 is 0 Å². The smallest absolute Gasteiger partial charge is 0.314 e. The summed E-state index contributed by atoms with van der Waals surface area (Å²) in [4.78, 5) is 19.1. The molecule has 2 heterocycles. The molecule has 3 aromatic rings. The topological polar surface area (TPSA) is 84.2 Å². The Kier molecular flexibility index (Phi) is 7.80. The first kappa shape index (κ1) is 24.8. The number of pyridine rings is 1. The third-order valence-corrected chi connectivity index (χ3v) is 6.11. The molecular weight excluding hydrogens is 459 g/mol. The van der Waals surface area contributed by atoms with E-state index in [9.17, 15) is 13.6 Å². The number of amides is 1. The van der Waals surface area contributed by atoms with Crippen LogP contribution in [0.25, 0.3) is 11.5 Å². The van der Waals surface area contributed by atoms with E-state index >= 15 is 4.39 Å². The normalized spacial score (nSPS) is 16.3. The largest absolute Gasteiger partial charge is 0.415 e. The number of benzene rings is 1. The summed E-state index contributed by atoms with van der Waals surface area (Å²) in [6, 6.07) is 12.3. The number of halogens is 3. The maximum atomic E-state index is 15.7. The quantitative estimate of drug-likeness (QED) is 0.444. The van der Waals surface area contributed by atoms with Crippen LogP contribution in [0.3, 0.4) is 0 Å². The molecule has 1 N–H and O–H groups in total. The Balaban J connectivity index is 1.50. The van der Waals surface area contributed by atoms with Crippen molar-refractivity contribution in [2.45, 2.75) is 63.7 Å². The van der Waals surface area contributed by atoms with Crippen LogP contribution in [0.4, 0.5) is 18.9 Å². The van der Waals surface area contributed by atoms with Crippen molar-refractivity contribution in [1.29, 1.82) is 0 Å². The molecule has 1 amide bonds. The molecule has 1 aliphatic rings. The lowest BCUT2D eigenvalue weighted by Gasteiger charge is -2.31. The predicted molar refractivity (Wildman–Crippen MR) is 125 cm³/mol. The lowest BCUT2D eigenvalue weighted by atomic mass is 9.94. The predicted octanol–water partition coefficient (Wildman–Crippen LogP) is 5.25. The zero-order valence-corrected chi connectivity index (χ0v) is 19.5. The van der Waals surface area contributed by atoms with Gasteiger partial charge >= 0.3 is 6.43 Å². The minimum Gasteiger partial charge on any atom is -0.415 e. The van der Waals surface area contributed by atoms with Gasteiger partial charge in [-0.1, -0.05) is 37.5 Å². The number of hydrogen-bond donors (Lipinski definition) is 1. The van der Waals surface area contributed by atoms with Crippen LogP contribution in [0, 0.1) is 0 Å². The van der Waals surface area contributed by atoms with Crippen LogP contribution in [0.5, 0.6) is 0 Å². The number of aromatic nitrogens is 3. The Hall–Kier alpha value is -3.27. The first-order valence-electron chi connectivity index (χ1n) is 11.7. The molecule has 0 bridgehead atoms. The zero-order chi connectivity index (χ0) is 24.8. The zero-order valence-electron chi connectivity index (χ0n) is 19.5. The van der Waals surface area contributed by atoms with E-state index < -0.39 is 23.9 Å². The number of anilines is 1. The Bertz CT molecular complexity index is 1100.